The maximum Gasteiger partial charge on any atom is 0.338 e. The molecule has 0 aliphatic heterocycles. The summed E-state index contributed by atoms with van der Waals surface area (Å²) in [5, 5.41) is 0. The van der Waals surface area contributed by atoms with E-state index in [9.17, 15) is 9.59 Å². The van der Waals surface area contributed by atoms with Crippen molar-refractivity contribution in [2.45, 2.75) is 58.8 Å². The molecular formula is C21H30O4. The number of carbonyl (C=O) groups excluding carboxylic acids is 2. The number of allylic oxidation sites excluding steroid dienone is 1. The Kier molecular flexibility index (Phi) is 11.1. The smallest absolute Gasteiger partial charge is 0.338 e. The van der Waals surface area contributed by atoms with Crippen molar-refractivity contribution in [2.75, 3.05) is 13.2 Å². The summed E-state index contributed by atoms with van der Waals surface area (Å²) in [6.07, 6.45) is 12.6. The van der Waals surface area contributed by atoms with Crippen molar-refractivity contribution in [1.29, 1.82) is 0 Å². The van der Waals surface area contributed by atoms with E-state index in [0.29, 0.717) is 17.7 Å². The fraction of sp³-hybridized carbons (Fsp3) is 0.524. The van der Waals surface area contributed by atoms with Crippen LogP contribution in [0.25, 0.3) is 0 Å². The second kappa shape index (κ2) is 13.2. The highest BCUT2D eigenvalue weighted by Gasteiger charge is 2.11. The Hall–Kier alpha value is -2.10. The average Bonchev–Trinajstić information content (AvgIpc) is 2.63. The summed E-state index contributed by atoms with van der Waals surface area (Å²) < 4.78 is 10.1. The van der Waals surface area contributed by atoms with Gasteiger partial charge < -0.3 is 9.47 Å². The first-order valence-electron chi connectivity index (χ1n) is 9.28. The van der Waals surface area contributed by atoms with Crippen LogP contribution < -0.4 is 0 Å². The molecule has 4 nitrogen and oxygen atoms in total. The van der Waals surface area contributed by atoms with Crippen LogP contribution in [0.1, 0.15) is 79.5 Å². The number of carbonyl (C=O) groups is 2. The summed E-state index contributed by atoms with van der Waals surface area (Å²) in [6.45, 7) is 4.51. The average molecular weight is 346 g/mol. The van der Waals surface area contributed by atoms with E-state index in [4.69, 9.17) is 9.47 Å². The zero-order valence-electron chi connectivity index (χ0n) is 15.5. The van der Waals surface area contributed by atoms with E-state index in [1.54, 1.807) is 25.1 Å². The van der Waals surface area contributed by atoms with Gasteiger partial charge in [0.1, 0.15) is 6.61 Å². The third-order valence-corrected chi connectivity index (χ3v) is 3.81. The molecule has 0 atom stereocenters. The van der Waals surface area contributed by atoms with Crippen LogP contribution in [0.4, 0.5) is 0 Å². The lowest BCUT2D eigenvalue weighted by molar-refractivity contribution is 0.0526. The summed E-state index contributed by atoms with van der Waals surface area (Å²) >= 11 is 0. The topological polar surface area (TPSA) is 52.6 Å². The van der Waals surface area contributed by atoms with Crippen molar-refractivity contribution in [3.05, 3.63) is 47.5 Å². The van der Waals surface area contributed by atoms with Crippen molar-refractivity contribution < 1.29 is 19.1 Å². The van der Waals surface area contributed by atoms with Crippen LogP contribution in [0.2, 0.25) is 0 Å². The normalized spacial score (nSPS) is 10.8. The standard InChI is InChI=1S/C21H30O4/c1-3-5-6-7-8-9-10-11-12-16-25-21(23)19-15-13-14-18(17-19)20(22)24-4-2/h11-15,17H,3-10,16H2,1-2H3/b12-11+. The predicted octanol–water partition coefficient (Wildman–Crippen LogP) is 5.33. The van der Waals surface area contributed by atoms with Crippen LogP contribution >= 0.6 is 0 Å². The maximum atomic E-state index is 12.0. The van der Waals surface area contributed by atoms with Crippen LogP contribution in [-0.2, 0) is 9.47 Å². The molecule has 0 heterocycles. The van der Waals surface area contributed by atoms with Crippen LogP contribution in [0.15, 0.2) is 36.4 Å². The Morgan fingerprint density at radius 3 is 2.20 bits per heavy atom. The lowest BCUT2D eigenvalue weighted by Gasteiger charge is -2.05. The largest absolute Gasteiger partial charge is 0.462 e. The van der Waals surface area contributed by atoms with E-state index < -0.39 is 11.9 Å². The Morgan fingerprint density at radius 1 is 0.880 bits per heavy atom. The highest BCUT2D eigenvalue weighted by atomic mass is 16.5. The van der Waals surface area contributed by atoms with Crippen LogP contribution in [0.5, 0.6) is 0 Å². The molecule has 0 N–H and O–H groups in total. The Labute approximate surface area is 151 Å². The van der Waals surface area contributed by atoms with Crippen LogP contribution in [0, 0.1) is 0 Å². The minimum absolute atomic E-state index is 0.248. The quantitative estimate of drug-likeness (QED) is 0.292. The molecule has 0 aliphatic rings. The minimum atomic E-state index is -0.435. The van der Waals surface area contributed by atoms with Gasteiger partial charge in [-0.3, -0.25) is 0 Å². The molecule has 25 heavy (non-hydrogen) atoms. The molecule has 1 aromatic carbocycles. The summed E-state index contributed by atoms with van der Waals surface area (Å²) in [5.41, 5.74) is 0.713. The highest BCUT2D eigenvalue weighted by molar-refractivity contribution is 5.95. The lowest BCUT2D eigenvalue weighted by Crippen LogP contribution is -2.09. The molecular weight excluding hydrogens is 316 g/mol. The van der Waals surface area contributed by atoms with Gasteiger partial charge in [0, 0.05) is 0 Å². The van der Waals surface area contributed by atoms with Gasteiger partial charge in [0.05, 0.1) is 17.7 Å². The van der Waals surface area contributed by atoms with Gasteiger partial charge in [0.15, 0.2) is 0 Å². The fourth-order valence-electron chi connectivity index (χ4n) is 2.42. The van der Waals surface area contributed by atoms with Gasteiger partial charge in [0.2, 0.25) is 0 Å². The van der Waals surface area contributed by atoms with Gasteiger partial charge in [-0.1, -0.05) is 57.2 Å². The molecule has 0 bridgehead atoms. The first kappa shape index (κ1) is 20.9. The van der Waals surface area contributed by atoms with Gasteiger partial charge in [-0.2, -0.15) is 0 Å². The number of ether oxygens (including phenoxy) is 2. The highest BCUT2D eigenvalue weighted by Crippen LogP contribution is 2.09. The van der Waals surface area contributed by atoms with E-state index in [1.165, 1.54) is 44.6 Å². The summed E-state index contributed by atoms with van der Waals surface area (Å²) in [5.74, 6) is -0.869. The SMILES string of the molecule is CCCCCCCC/C=C/COC(=O)c1cccc(C(=O)OCC)c1. The lowest BCUT2D eigenvalue weighted by atomic mass is 10.1. The van der Waals surface area contributed by atoms with Gasteiger partial charge in [-0.25, -0.2) is 9.59 Å². The summed E-state index contributed by atoms with van der Waals surface area (Å²) in [4.78, 5) is 23.7. The Morgan fingerprint density at radius 2 is 1.52 bits per heavy atom. The molecule has 0 aliphatic carbocycles. The van der Waals surface area contributed by atoms with Crippen molar-refractivity contribution in [1.82, 2.24) is 0 Å². The van der Waals surface area contributed by atoms with E-state index >= 15 is 0 Å². The van der Waals surface area contributed by atoms with E-state index in [-0.39, 0.29) is 6.61 Å². The Bertz CT molecular complexity index is 549. The summed E-state index contributed by atoms with van der Waals surface area (Å²) in [7, 11) is 0. The minimum Gasteiger partial charge on any atom is -0.462 e. The second-order valence-electron chi connectivity index (χ2n) is 5.93. The molecule has 4 heteroatoms. The number of hydrogen-bond acceptors (Lipinski definition) is 4. The van der Waals surface area contributed by atoms with Crippen LogP contribution in [0.3, 0.4) is 0 Å². The summed E-state index contributed by atoms with van der Waals surface area (Å²) in [6, 6.07) is 6.40. The maximum absolute atomic E-state index is 12.0. The molecule has 1 rings (SSSR count). The number of unbranched alkanes of at least 4 members (excludes halogenated alkanes) is 6. The van der Waals surface area contributed by atoms with E-state index in [0.717, 1.165) is 6.42 Å². The molecule has 0 fully saturated rings. The first-order chi connectivity index (χ1) is 12.2. The van der Waals surface area contributed by atoms with Gasteiger partial charge >= 0.3 is 11.9 Å². The Balaban J connectivity index is 2.27. The molecule has 1 aromatic rings. The molecule has 0 amide bonds. The monoisotopic (exact) mass is 346 g/mol. The van der Waals surface area contributed by atoms with E-state index in [1.807, 2.05) is 6.08 Å². The van der Waals surface area contributed by atoms with Crippen molar-refractivity contribution in [2.24, 2.45) is 0 Å². The van der Waals surface area contributed by atoms with E-state index in [2.05, 4.69) is 13.0 Å². The third kappa shape index (κ3) is 9.08. The molecule has 0 aromatic heterocycles. The van der Waals surface area contributed by atoms with Crippen LogP contribution in [-0.4, -0.2) is 25.2 Å². The van der Waals surface area contributed by atoms with Crippen molar-refractivity contribution >= 4 is 11.9 Å². The zero-order chi connectivity index (χ0) is 18.3. The molecule has 0 saturated carbocycles. The number of rotatable bonds is 12. The van der Waals surface area contributed by atoms with Gasteiger partial charge in [-0.05, 0) is 38.0 Å². The number of benzene rings is 1. The molecule has 0 spiro atoms. The van der Waals surface area contributed by atoms with Crippen molar-refractivity contribution in [3.8, 4) is 0 Å². The third-order valence-electron chi connectivity index (χ3n) is 3.81. The second-order valence-corrected chi connectivity index (χ2v) is 5.93. The molecule has 0 radical (unpaired) electrons. The number of hydrogen-bond donors (Lipinski definition) is 0. The predicted molar refractivity (Wildman–Crippen MR) is 99.8 cm³/mol. The van der Waals surface area contributed by atoms with Crippen molar-refractivity contribution in [3.63, 3.8) is 0 Å². The zero-order valence-corrected chi connectivity index (χ0v) is 15.5. The first-order valence-corrected chi connectivity index (χ1v) is 9.28. The molecule has 0 unspecified atom stereocenters. The fourth-order valence-corrected chi connectivity index (χ4v) is 2.42. The number of esters is 2. The van der Waals surface area contributed by atoms with Gasteiger partial charge in [0.25, 0.3) is 0 Å². The van der Waals surface area contributed by atoms with Gasteiger partial charge in [-0.15, -0.1) is 0 Å². The molecule has 0 saturated heterocycles. The molecule has 138 valence electrons.